The minimum atomic E-state index is -3.50. The van der Waals surface area contributed by atoms with Gasteiger partial charge in [0.25, 0.3) is 0 Å². The molecular weight excluding hydrogens is 282 g/mol. The number of rotatable bonds is 5. The van der Waals surface area contributed by atoms with Gasteiger partial charge >= 0.3 is 0 Å². The molecule has 1 saturated heterocycles. The summed E-state index contributed by atoms with van der Waals surface area (Å²) in [7, 11) is -3.50. The second kappa shape index (κ2) is 5.79. The smallest absolute Gasteiger partial charge is 0.180 e. The van der Waals surface area contributed by atoms with E-state index in [0.717, 1.165) is 0 Å². The quantitative estimate of drug-likeness (QED) is 0.788. The van der Waals surface area contributed by atoms with Crippen molar-refractivity contribution in [3.63, 3.8) is 0 Å². The fourth-order valence-corrected chi connectivity index (χ4v) is 3.63. The first-order valence-corrected chi connectivity index (χ1v) is 7.98. The predicted molar refractivity (Wildman–Crippen MR) is 72.1 cm³/mol. The topological polar surface area (TPSA) is 84.9 Å². The van der Waals surface area contributed by atoms with Crippen LogP contribution in [0.25, 0.3) is 0 Å². The summed E-state index contributed by atoms with van der Waals surface area (Å²) in [5.41, 5.74) is 2.02. The Hall–Kier alpha value is -0.990. The molecule has 0 spiro atoms. The van der Waals surface area contributed by atoms with Gasteiger partial charge in [0.15, 0.2) is 15.6 Å². The second-order valence-corrected chi connectivity index (χ2v) is 7.23. The van der Waals surface area contributed by atoms with Crippen molar-refractivity contribution >= 4 is 9.84 Å². The molecule has 112 valence electrons. The van der Waals surface area contributed by atoms with Crippen molar-refractivity contribution in [2.45, 2.75) is 36.7 Å². The van der Waals surface area contributed by atoms with Gasteiger partial charge in [-0.2, -0.15) is 5.48 Å². The summed E-state index contributed by atoms with van der Waals surface area (Å²) in [6.45, 7) is 3.72. The molecule has 1 aliphatic heterocycles. The molecule has 1 aromatic carbocycles. The largest absolute Gasteiger partial charge is 0.348 e. The lowest BCUT2D eigenvalue weighted by atomic mass is 10.2. The van der Waals surface area contributed by atoms with Gasteiger partial charge in [-0.1, -0.05) is 18.2 Å². The van der Waals surface area contributed by atoms with Crippen LogP contribution in [-0.4, -0.2) is 43.9 Å². The first-order chi connectivity index (χ1) is 9.34. The number of nitrogens with one attached hydrogen (secondary N) is 1. The van der Waals surface area contributed by atoms with Gasteiger partial charge < -0.3 is 14.7 Å². The normalized spacial score (nSPS) is 23.6. The Morgan fingerprint density at radius 2 is 2.05 bits per heavy atom. The summed E-state index contributed by atoms with van der Waals surface area (Å²) in [6.07, 6.45) is -0.520. The highest BCUT2D eigenvalue weighted by molar-refractivity contribution is 7.91. The molecule has 6 nitrogen and oxygen atoms in total. The maximum atomic E-state index is 12.3. The van der Waals surface area contributed by atoms with E-state index >= 15 is 0 Å². The SMILES string of the molecule is CC1(C)OC[C@H]([C@@H](CS(=O)(=O)c2ccccc2)NO)O1. The molecule has 2 N–H and O–H groups in total. The number of hydrogen-bond acceptors (Lipinski definition) is 6. The van der Waals surface area contributed by atoms with Crippen molar-refractivity contribution in [3.05, 3.63) is 30.3 Å². The molecular formula is C13H19NO5S. The van der Waals surface area contributed by atoms with Gasteiger partial charge in [-0.3, -0.25) is 0 Å². The van der Waals surface area contributed by atoms with E-state index < -0.39 is 27.8 Å². The van der Waals surface area contributed by atoms with Crippen LogP contribution in [0.5, 0.6) is 0 Å². The van der Waals surface area contributed by atoms with Crippen molar-refractivity contribution in [1.29, 1.82) is 0 Å². The van der Waals surface area contributed by atoms with Crippen molar-refractivity contribution < 1.29 is 23.1 Å². The van der Waals surface area contributed by atoms with Crippen LogP contribution in [0.4, 0.5) is 0 Å². The minimum Gasteiger partial charge on any atom is -0.348 e. The maximum Gasteiger partial charge on any atom is 0.180 e. The number of sulfone groups is 1. The molecule has 0 saturated carbocycles. The molecule has 1 aliphatic rings. The molecule has 0 aliphatic carbocycles. The molecule has 0 radical (unpaired) electrons. The van der Waals surface area contributed by atoms with Crippen LogP contribution in [0, 0.1) is 0 Å². The minimum absolute atomic E-state index is 0.221. The highest BCUT2D eigenvalue weighted by Crippen LogP contribution is 2.25. The highest BCUT2D eigenvalue weighted by atomic mass is 32.2. The van der Waals surface area contributed by atoms with Crippen LogP contribution >= 0.6 is 0 Å². The second-order valence-electron chi connectivity index (χ2n) is 5.20. The third-order valence-corrected chi connectivity index (χ3v) is 4.93. The average molecular weight is 301 g/mol. The van der Waals surface area contributed by atoms with E-state index in [9.17, 15) is 13.6 Å². The van der Waals surface area contributed by atoms with Crippen molar-refractivity contribution in [2.75, 3.05) is 12.4 Å². The van der Waals surface area contributed by atoms with Gasteiger partial charge in [0, 0.05) is 0 Å². The van der Waals surface area contributed by atoms with Crippen molar-refractivity contribution in [2.24, 2.45) is 0 Å². The Kier molecular flexibility index (Phi) is 4.46. The zero-order valence-corrected chi connectivity index (χ0v) is 12.3. The fraction of sp³-hybridized carbons (Fsp3) is 0.538. The van der Waals surface area contributed by atoms with Crippen LogP contribution in [-0.2, 0) is 19.3 Å². The molecule has 1 heterocycles. The van der Waals surface area contributed by atoms with E-state index in [1.54, 1.807) is 32.0 Å². The van der Waals surface area contributed by atoms with E-state index in [1.165, 1.54) is 12.1 Å². The predicted octanol–water partition coefficient (Wildman–Crippen LogP) is 0.959. The Bertz CT molecular complexity index is 543. The first kappa shape index (κ1) is 15.4. The van der Waals surface area contributed by atoms with E-state index in [-0.39, 0.29) is 17.3 Å². The monoisotopic (exact) mass is 301 g/mol. The molecule has 0 unspecified atom stereocenters. The van der Waals surface area contributed by atoms with E-state index in [0.29, 0.717) is 0 Å². The lowest BCUT2D eigenvalue weighted by Gasteiger charge is -2.22. The summed E-state index contributed by atoms with van der Waals surface area (Å²) in [4.78, 5) is 0.221. The molecule has 2 atom stereocenters. The molecule has 1 aromatic rings. The highest BCUT2D eigenvalue weighted by Gasteiger charge is 2.39. The van der Waals surface area contributed by atoms with Crippen molar-refractivity contribution in [1.82, 2.24) is 5.48 Å². The Morgan fingerprint density at radius 1 is 1.40 bits per heavy atom. The van der Waals surface area contributed by atoms with Crippen LogP contribution in [0.15, 0.2) is 35.2 Å². The Morgan fingerprint density at radius 3 is 2.55 bits per heavy atom. The first-order valence-electron chi connectivity index (χ1n) is 6.33. The zero-order valence-electron chi connectivity index (χ0n) is 11.4. The molecule has 2 rings (SSSR count). The van der Waals surface area contributed by atoms with Gasteiger partial charge in [-0.05, 0) is 26.0 Å². The molecule has 20 heavy (non-hydrogen) atoms. The number of hydroxylamine groups is 1. The van der Waals surface area contributed by atoms with Gasteiger partial charge in [-0.15, -0.1) is 0 Å². The van der Waals surface area contributed by atoms with Gasteiger partial charge in [0.2, 0.25) is 0 Å². The standard InChI is InChI=1S/C13H19NO5S/c1-13(2)18-8-12(19-13)11(14-15)9-20(16,17)10-6-4-3-5-7-10/h3-7,11-12,14-15H,8-9H2,1-2H3/t11-,12-/m1/s1. The van der Waals surface area contributed by atoms with E-state index in [1.807, 2.05) is 5.48 Å². The third-order valence-electron chi connectivity index (χ3n) is 3.15. The molecule has 1 fully saturated rings. The lowest BCUT2D eigenvalue weighted by molar-refractivity contribution is -0.144. The van der Waals surface area contributed by atoms with E-state index in [2.05, 4.69) is 0 Å². The van der Waals surface area contributed by atoms with Crippen LogP contribution < -0.4 is 5.48 Å². The van der Waals surface area contributed by atoms with Crippen LogP contribution in [0.3, 0.4) is 0 Å². The average Bonchev–Trinajstić information content (AvgIpc) is 2.77. The lowest BCUT2D eigenvalue weighted by Crippen LogP contribution is -2.45. The molecule has 0 bridgehead atoms. The zero-order chi connectivity index (χ0) is 14.8. The van der Waals surface area contributed by atoms with Gasteiger partial charge in [0.05, 0.1) is 23.3 Å². The Balaban J connectivity index is 2.11. The summed E-state index contributed by atoms with van der Waals surface area (Å²) in [5.74, 6) is -1.03. The van der Waals surface area contributed by atoms with Crippen molar-refractivity contribution in [3.8, 4) is 0 Å². The summed E-state index contributed by atoms with van der Waals surface area (Å²) in [6, 6.07) is 7.37. The van der Waals surface area contributed by atoms with Crippen LogP contribution in [0.1, 0.15) is 13.8 Å². The fourth-order valence-electron chi connectivity index (χ4n) is 2.10. The Labute approximate surface area is 118 Å². The molecule has 0 aromatic heterocycles. The van der Waals surface area contributed by atoms with Crippen LogP contribution in [0.2, 0.25) is 0 Å². The molecule has 0 amide bonds. The van der Waals surface area contributed by atoms with Gasteiger partial charge in [-0.25, -0.2) is 8.42 Å². The number of hydrogen-bond donors (Lipinski definition) is 2. The summed E-state index contributed by atoms with van der Waals surface area (Å²) >= 11 is 0. The number of benzene rings is 1. The van der Waals surface area contributed by atoms with Gasteiger partial charge in [0.1, 0.15) is 6.10 Å². The summed E-state index contributed by atoms with van der Waals surface area (Å²) in [5, 5.41) is 9.22. The third kappa shape index (κ3) is 3.56. The maximum absolute atomic E-state index is 12.3. The van der Waals surface area contributed by atoms with E-state index in [4.69, 9.17) is 9.47 Å². The number of ether oxygens (including phenoxy) is 2. The molecule has 7 heteroatoms. The summed E-state index contributed by atoms with van der Waals surface area (Å²) < 4.78 is 35.5.